The van der Waals surface area contributed by atoms with E-state index in [-0.39, 0.29) is 5.91 Å². The number of para-hydroxylation sites is 2. The van der Waals surface area contributed by atoms with Crippen LogP contribution in [0.1, 0.15) is 39.0 Å². The molecule has 0 saturated heterocycles. The van der Waals surface area contributed by atoms with Crippen LogP contribution in [0.4, 0.5) is 0 Å². The molecule has 0 saturated carbocycles. The molecular formula is C19H25N3OS. The molecule has 0 aliphatic heterocycles. The summed E-state index contributed by atoms with van der Waals surface area (Å²) in [5, 5.41) is 3.95. The summed E-state index contributed by atoms with van der Waals surface area (Å²) in [7, 11) is 0. The molecule has 5 heteroatoms. The van der Waals surface area contributed by atoms with E-state index < -0.39 is 0 Å². The van der Waals surface area contributed by atoms with Crippen LogP contribution in [0, 0.1) is 0 Å². The van der Waals surface area contributed by atoms with Gasteiger partial charge in [0.15, 0.2) is 5.16 Å². The number of rotatable bonds is 7. The standard InChI is InChI=1S/C19H25N3OS/c1-2-22-17-11-7-6-10-16(17)21-19(22)24-14-18(23)20-13-12-15-8-4-3-5-9-15/h6-8,10-11H,2-5,9,12-14H2,1H3,(H,20,23). The van der Waals surface area contributed by atoms with Gasteiger partial charge in [0.1, 0.15) is 0 Å². The van der Waals surface area contributed by atoms with E-state index in [1.54, 1.807) is 0 Å². The number of allylic oxidation sites excluding steroid dienone is 1. The summed E-state index contributed by atoms with van der Waals surface area (Å²) < 4.78 is 2.17. The van der Waals surface area contributed by atoms with Crippen molar-refractivity contribution in [1.29, 1.82) is 0 Å². The summed E-state index contributed by atoms with van der Waals surface area (Å²) in [4.78, 5) is 16.7. The highest BCUT2D eigenvalue weighted by Gasteiger charge is 2.11. The molecule has 1 aromatic heterocycles. The number of carbonyl (C=O) groups excluding carboxylic acids is 1. The predicted molar refractivity (Wildman–Crippen MR) is 100 cm³/mol. The van der Waals surface area contributed by atoms with Crippen LogP contribution in [0.3, 0.4) is 0 Å². The molecular weight excluding hydrogens is 318 g/mol. The van der Waals surface area contributed by atoms with Gasteiger partial charge in [-0.3, -0.25) is 4.79 Å². The Kier molecular flexibility index (Phi) is 5.96. The average molecular weight is 343 g/mol. The molecule has 0 radical (unpaired) electrons. The van der Waals surface area contributed by atoms with Gasteiger partial charge in [-0.15, -0.1) is 0 Å². The molecule has 0 fully saturated rings. The van der Waals surface area contributed by atoms with E-state index in [0.717, 1.165) is 35.7 Å². The summed E-state index contributed by atoms with van der Waals surface area (Å²) in [6, 6.07) is 8.12. The summed E-state index contributed by atoms with van der Waals surface area (Å²) in [5.74, 6) is 0.508. The normalized spacial score (nSPS) is 14.6. The molecule has 4 nitrogen and oxygen atoms in total. The largest absolute Gasteiger partial charge is 0.355 e. The van der Waals surface area contributed by atoms with Crippen molar-refractivity contribution in [2.45, 2.75) is 50.7 Å². The number of thioether (sulfide) groups is 1. The van der Waals surface area contributed by atoms with Gasteiger partial charge in [0.25, 0.3) is 0 Å². The molecule has 1 aromatic carbocycles. The summed E-state index contributed by atoms with van der Waals surface area (Å²) in [5.41, 5.74) is 3.63. The van der Waals surface area contributed by atoms with Gasteiger partial charge >= 0.3 is 0 Å². The lowest BCUT2D eigenvalue weighted by atomic mass is 9.97. The highest BCUT2D eigenvalue weighted by atomic mass is 32.2. The first-order valence-corrected chi connectivity index (χ1v) is 9.79. The van der Waals surface area contributed by atoms with Crippen LogP contribution in [0.5, 0.6) is 0 Å². The first-order valence-electron chi connectivity index (χ1n) is 8.80. The third kappa shape index (κ3) is 4.20. The van der Waals surface area contributed by atoms with Gasteiger partial charge in [-0.25, -0.2) is 4.98 Å². The molecule has 1 amide bonds. The van der Waals surface area contributed by atoms with Gasteiger partial charge < -0.3 is 9.88 Å². The van der Waals surface area contributed by atoms with Gasteiger partial charge in [0, 0.05) is 13.1 Å². The Bertz CT molecular complexity index is 735. The van der Waals surface area contributed by atoms with Crippen molar-refractivity contribution < 1.29 is 4.79 Å². The molecule has 0 bridgehead atoms. The minimum Gasteiger partial charge on any atom is -0.355 e. The highest BCUT2D eigenvalue weighted by Crippen LogP contribution is 2.24. The molecule has 0 unspecified atom stereocenters. The molecule has 1 aliphatic rings. The zero-order valence-electron chi connectivity index (χ0n) is 14.3. The molecule has 128 valence electrons. The van der Waals surface area contributed by atoms with E-state index in [0.29, 0.717) is 5.75 Å². The van der Waals surface area contributed by atoms with E-state index >= 15 is 0 Å². The molecule has 1 heterocycles. The van der Waals surface area contributed by atoms with Gasteiger partial charge in [0.05, 0.1) is 16.8 Å². The van der Waals surface area contributed by atoms with Crippen molar-refractivity contribution in [2.24, 2.45) is 0 Å². The minimum atomic E-state index is 0.0890. The number of imidazole rings is 1. The minimum absolute atomic E-state index is 0.0890. The molecule has 0 atom stereocenters. The van der Waals surface area contributed by atoms with Crippen molar-refractivity contribution >= 4 is 28.7 Å². The van der Waals surface area contributed by atoms with Crippen molar-refractivity contribution in [3.63, 3.8) is 0 Å². The average Bonchev–Trinajstić information content (AvgIpc) is 2.98. The number of hydrogen-bond acceptors (Lipinski definition) is 3. The fourth-order valence-corrected chi connectivity index (χ4v) is 4.05. The number of carbonyl (C=O) groups is 1. The number of benzene rings is 1. The maximum Gasteiger partial charge on any atom is 0.230 e. The van der Waals surface area contributed by atoms with Crippen LogP contribution < -0.4 is 5.32 Å². The molecule has 3 rings (SSSR count). The molecule has 1 aliphatic carbocycles. The van der Waals surface area contributed by atoms with Crippen LogP contribution in [0.15, 0.2) is 41.1 Å². The monoisotopic (exact) mass is 343 g/mol. The Hall–Kier alpha value is -1.75. The lowest BCUT2D eigenvalue weighted by molar-refractivity contribution is -0.118. The van der Waals surface area contributed by atoms with Crippen molar-refractivity contribution in [1.82, 2.24) is 14.9 Å². The SMILES string of the molecule is CCn1c(SCC(=O)NCCC2=CCCCC2)nc2ccccc21. The lowest BCUT2D eigenvalue weighted by Gasteiger charge is -2.12. The Morgan fingerprint density at radius 1 is 1.33 bits per heavy atom. The fourth-order valence-electron chi connectivity index (χ4n) is 3.14. The highest BCUT2D eigenvalue weighted by molar-refractivity contribution is 7.99. The number of aryl methyl sites for hydroxylation is 1. The van der Waals surface area contributed by atoms with Crippen LogP contribution >= 0.6 is 11.8 Å². The second-order valence-corrected chi connectivity index (χ2v) is 7.07. The number of hydrogen-bond donors (Lipinski definition) is 1. The van der Waals surface area contributed by atoms with E-state index in [9.17, 15) is 4.79 Å². The van der Waals surface area contributed by atoms with Crippen molar-refractivity contribution in [2.75, 3.05) is 12.3 Å². The summed E-state index contributed by atoms with van der Waals surface area (Å²) in [6.45, 7) is 3.71. The quantitative estimate of drug-likeness (QED) is 0.607. The van der Waals surface area contributed by atoms with Gasteiger partial charge in [-0.05, 0) is 51.2 Å². The van der Waals surface area contributed by atoms with Crippen LogP contribution in [0.25, 0.3) is 11.0 Å². The zero-order chi connectivity index (χ0) is 16.8. The number of amides is 1. The number of nitrogens with zero attached hydrogens (tertiary/aromatic N) is 2. The van der Waals surface area contributed by atoms with Crippen LogP contribution in [-0.4, -0.2) is 27.8 Å². The third-order valence-corrected chi connectivity index (χ3v) is 5.40. The summed E-state index contributed by atoms with van der Waals surface area (Å²) in [6.07, 6.45) is 8.34. The molecule has 2 aromatic rings. The maximum absolute atomic E-state index is 12.1. The first-order chi connectivity index (χ1) is 11.8. The van der Waals surface area contributed by atoms with Gasteiger partial charge in [0.2, 0.25) is 5.91 Å². The Labute approximate surface area is 147 Å². The second-order valence-electron chi connectivity index (χ2n) is 6.12. The Morgan fingerprint density at radius 2 is 2.21 bits per heavy atom. The molecule has 1 N–H and O–H groups in total. The fraction of sp³-hybridized carbons (Fsp3) is 0.474. The predicted octanol–water partition coefficient (Wildman–Crippen LogP) is 4.16. The Balaban J connectivity index is 1.50. The second kappa shape index (κ2) is 8.38. The maximum atomic E-state index is 12.1. The molecule has 24 heavy (non-hydrogen) atoms. The van der Waals surface area contributed by atoms with Crippen LogP contribution in [0.2, 0.25) is 0 Å². The molecule has 0 spiro atoms. The lowest BCUT2D eigenvalue weighted by Crippen LogP contribution is -2.26. The van der Waals surface area contributed by atoms with Gasteiger partial charge in [-0.2, -0.15) is 0 Å². The van der Waals surface area contributed by atoms with E-state index in [1.165, 1.54) is 43.0 Å². The van der Waals surface area contributed by atoms with E-state index in [1.807, 2.05) is 18.2 Å². The van der Waals surface area contributed by atoms with E-state index in [2.05, 4.69) is 33.9 Å². The first kappa shape index (κ1) is 17.1. The van der Waals surface area contributed by atoms with Gasteiger partial charge in [-0.1, -0.05) is 35.5 Å². The van der Waals surface area contributed by atoms with Crippen LogP contribution in [-0.2, 0) is 11.3 Å². The van der Waals surface area contributed by atoms with Crippen molar-refractivity contribution in [3.05, 3.63) is 35.9 Å². The number of nitrogens with one attached hydrogen (secondary N) is 1. The number of fused-ring (bicyclic) bond motifs is 1. The Morgan fingerprint density at radius 3 is 3.00 bits per heavy atom. The smallest absolute Gasteiger partial charge is 0.230 e. The topological polar surface area (TPSA) is 46.9 Å². The summed E-state index contributed by atoms with van der Waals surface area (Å²) >= 11 is 1.52. The van der Waals surface area contributed by atoms with E-state index in [4.69, 9.17) is 0 Å². The third-order valence-electron chi connectivity index (χ3n) is 4.42. The zero-order valence-corrected chi connectivity index (χ0v) is 15.1. The van der Waals surface area contributed by atoms with Crippen molar-refractivity contribution in [3.8, 4) is 0 Å². The number of aromatic nitrogens is 2.